The number of nitrogens with zero attached hydrogens (tertiary/aromatic N) is 2. The fraction of sp³-hybridized carbons (Fsp3) is 0.120. The molecule has 172 valence electrons. The SMILES string of the molecule is C[C@H](NC(=O)c1cccc(NC(=O)c2nnc(COc3ccc(F)cc3)s2)c1)c1ccccc1. The van der Waals surface area contributed by atoms with Crippen molar-refractivity contribution in [2.24, 2.45) is 0 Å². The zero-order valence-corrected chi connectivity index (χ0v) is 19.0. The third kappa shape index (κ3) is 6.02. The van der Waals surface area contributed by atoms with Gasteiger partial charge in [0, 0.05) is 11.3 Å². The first-order valence-electron chi connectivity index (χ1n) is 10.5. The number of amides is 2. The van der Waals surface area contributed by atoms with Gasteiger partial charge in [-0.3, -0.25) is 9.59 Å². The van der Waals surface area contributed by atoms with E-state index in [-0.39, 0.29) is 29.4 Å². The van der Waals surface area contributed by atoms with Gasteiger partial charge in [-0.15, -0.1) is 10.2 Å². The minimum atomic E-state index is -0.444. The van der Waals surface area contributed by atoms with Gasteiger partial charge in [-0.05, 0) is 55.0 Å². The van der Waals surface area contributed by atoms with Crippen LogP contribution in [0, 0.1) is 5.82 Å². The van der Waals surface area contributed by atoms with Gasteiger partial charge in [0.15, 0.2) is 5.01 Å². The number of ether oxygens (including phenoxy) is 1. The minimum Gasteiger partial charge on any atom is -0.486 e. The molecular formula is C25H21FN4O3S. The van der Waals surface area contributed by atoms with Crippen LogP contribution in [0.1, 0.15) is 43.7 Å². The average molecular weight is 477 g/mol. The summed E-state index contributed by atoms with van der Waals surface area (Å²) >= 11 is 1.09. The van der Waals surface area contributed by atoms with Crippen LogP contribution < -0.4 is 15.4 Å². The van der Waals surface area contributed by atoms with E-state index in [1.54, 1.807) is 24.3 Å². The van der Waals surface area contributed by atoms with Crippen LogP contribution in [0.3, 0.4) is 0 Å². The van der Waals surface area contributed by atoms with Crippen LogP contribution in [0.5, 0.6) is 5.75 Å². The number of anilines is 1. The summed E-state index contributed by atoms with van der Waals surface area (Å²) in [5.74, 6) is -0.557. The maximum Gasteiger partial charge on any atom is 0.286 e. The molecule has 0 unspecified atom stereocenters. The van der Waals surface area contributed by atoms with Crippen LogP contribution >= 0.6 is 11.3 Å². The number of aromatic nitrogens is 2. The lowest BCUT2D eigenvalue weighted by Crippen LogP contribution is -2.26. The van der Waals surface area contributed by atoms with Gasteiger partial charge in [-0.2, -0.15) is 0 Å². The number of hydrogen-bond acceptors (Lipinski definition) is 6. The molecule has 1 aromatic heterocycles. The van der Waals surface area contributed by atoms with Crippen LogP contribution in [0.4, 0.5) is 10.1 Å². The van der Waals surface area contributed by atoms with Gasteiger partial charge in [-0.1, -0.05) is 47.7 Å². The minimum absolute atomic E-state index is 0.103. The monoisotopic (exact) mass is 476 g/mol. The van der Waals surface area contributed by atoms with Gasteiger partial charge in [0.25, 0.3) is 11.8 Å². The Bertz CT molecular complexity index is 1280. The second-order valence-corrected chi connectivity index (χ2v) is 8.45. The predicted molar refractivity (Wildman–Crippen MR) is 127 cm³/mol. The van der Waals surface area contributed by atoms with Crippen molar-refractivity contribution >= 4 is 28.8 Å². The highest BCUT2D eigenvalue weighted by molar-refractivity contribution is 7.13. The third-order valence-electron chi connectivity index (χ3n) is 4.87. The van der Waals surface area contributed by atoms with E-state index in [9.17, 15) is 14.0 Å². The molecule has 0 fully saturated rings. The molecule has 9 heteroatoms. The Morgan fingerprint density at radius 2 is 1.74 bits per heavy atom. The summed E-state index contributed by atoms with van der Waals surface area (Å²) < 4.78 is 18.5. The van der Waals surface area contributed by atoms with Crippen molar-refractivity contribution in [3.63, 3.8) is 0 Å². The van der Waals surface area contributed by atoms with E-state index in [1.165, 1.54) is 24.3 Å². The van der Waals surface area contributed by atoms with Gasteiger partial charge < -0.3 is 15.4 Å². The lowest BCUT2D eigenvalue weighted by atomic mass is 10.1. The molecule has 0 spiro atoms. The maximum atomic E-state index is 13.0. The summed E-state index contributed by atoms with van der Waals surface area (Å²) in [4.78, 5) is 25.3. The number of hydrogen-bond donors (Lipinski definition) is 2. The Hall–Kier alpha value is -4.11. The van der Waals surface area contributed by atoms with Gasteiger partial charge >= 0.3 is 0 Å². The van der Waals surface area contributed by atoms with Gasteiger partial charge in [0.05, 0.1) is 6.04 Å². The van der Waals surface area contributed by atoms with Crippen molar-refractivity contribution in [1.82, 2.24) is 15.5 Å². The predicted octanol–water partition coefficient (Wildman–Crippen LogP) is 5.00. The van der Waals surface area contributed by atoms with Crippen LogP contribution in [0.2, 0.25) is 0 Å². The molecule has 34 heavy (non-hydrogen) atoms. The summed E-state index contributed by atoms with van der Waals surface area (Å²) in [6.07, 6.45) is 0. The first-order valence-corrected chi connectivity index (χ1v) is 11.3. The van der Waals surface area contributed by atoms with Crippen molar-refractivity contribution in [3.8, 4) is 5.75 Å². The molecule has 2 amide bonds. The number of nitrogens with one attached hydrogen (secondary N) is 2. The maximum absolute atomic E-state index is 13.0. The quantitative estimate of drug-likeness (QED) is 0.373. The van der Waals surface area contributed by atoms with Gasteiger partial charge in [0.2, 0.25) is 5.01 Å². The molecule has 1 heterocycles. The number of benzene rings is 3. The average Bonchev–Trinajstić information content (AvgIpc) is 3.34. The molecule has 3 aromatic carbocycles. The smallest absolute Gasteiger partial charge is 0.286 e. The molecule has 0 aliphatic carbocycles. The van der Waals surface area contributed by atoms with Crippen molar-refractivity contribution in [1.29, 1.82) is 0 Å². The van der Waals surface area contributed by atoms with Crippen LogP contribution in [0.15, 0.2) is 78.9 Å². The molecule has 0 radical (unpaired) electrons. The van der Waals surface area contributed by atoms with Crippen molar-refractivity contribution < 1.29 is 18.7 Å². The summed E-state index contributed by atoms with van der Waals surface area (Å²) in [5, 5.41) is 14.2. The molecule has 1 atom stereocenters. The zero-order valence-electron chi connectivity index (χ0n) is 18.2. The number of rotatable bonds is 8. The van der Waals surface area contributed by atoms with E-state index in [1.807, 2.05) is 37.3 Å². The topological polar surface area (TPSA) is 93.2 Å². The molecule has 4 aromatic rings. The fourth-order valence-electron chi connectivity index (χ4n) is 3.11. The normalized spacial score (nSPS) is 11.5. The van der Waals surface area contributed by atoms with E-state index in [0.717, 1.165) is 16.9 Å². The first kappa shape index (κ1) is 23.1. The van der Waals surface area contributed by atoms with Gasteiger partial charge in [-0.25, -0.2) is 4.39 Å². The molecule has 0 bridgehead atoms. The molecule has 2 N–H and O–H groups in total. The summed E-state index contributed by atoms with van der Waals surface area (Å²) in [7, 11) is 0. The van der Waals surface area contributed by atoms with E-state index in [0.29, 0.717) is 22.0 Å². The Morgan fingerprint density at radius 3 is 2.50 bits per heavy atom. The number of carbonyl (C=O) groups is 2. The Labute approximate surface area is 199 Å². The largest absolute Gasteiger partial charge is 0.486 e. The van der Waals surface area contributed by atoms with E-state index < -0.39 is 5.91 Å². The lowest BCUT2D eigenvalue weighted by Gasteiger charge is -2.14. The highest BCUT2D eigenvalue weighted by Crippen LogP contribution is 2.18. The molecular weight excluding hydrogens is 455 g/mol. The van der Waals surface area contributed by atoms with E-state index in [2.05, 4.69) is 20.8 Å². The van der Waals surface area contributed by atoms with Crippen LogP contribution in [0.25, 0.3) is 0 Å². The molecule has 4 rings (SSSR count). The standard InChI is InChI=1S/C25H21FN4O3S/c1-16(17-6-3-2-4-7-17)27-23(31)18-8-5-9-20(14-18)28-24(32)25-30-29-22(34-25)15-33-21-12-10-19(26)11-13-21/h2-14,16H,15H2,1H3,(H,27,31)(H,28,32)/t16-/m0/s1. The lowest BCUT2D eigenvalue weighted by molar-refractivity contribution is 0.0938. The van der Waals surface area contributed by atoms with E-state index >= 15 is 0 Å². The molecule has 7 nitrogen and oxygen atoms in total. The molecule has 0 aliphatic rings. The Morgan fingerprint density at radius 1 is 0.971 bits per heavy atom. The number of carbonyl (C=O) groups excluding carboxylic acids is 2. The van der Waals surface area contributed by atoms with E-state index in [4.69, 9.17) is 4.74 Å². The second-order valence-electron chi connectivity index (χ2n) is 7.38. The van der Waals surface area contributed by atoms with Crippen LogP contribution in [-0.4, -0.2) is 22.0 Å². The number of halogens is 1. The first-order chi connectivity index (χ1) is 16.5. The molecule has 0 saturated heterocycles. The molecule has 0 aliphatic heterocycles. The van der Waals surface area contributed by atoms with Gasteiger partial charge in [0.1, 0.15) is 18.2 Å². The van der Waals surface area contributed by atoms with Crippen LogP contribution in [-0.2, 0) is 6.61 Å². The highest BCUT2D eigenvalue weighted by Gasteiger charge is 2.16. The highest BCUT2D eigenvalue weighted by atomic mass is 32.1. The van der Waals surface area contributed by atoms with Crippen molar-refractivity contribution in [2.45, 2.75) is 19.6 Å². The van der Waals surface area contributed by atoms with Crippen molar-refractivity contribution in [3.05, 3.63) is 106 Å². The zero-order chi connectivity index (χ0) is 23.9. The molecule has 0 saturated carbocycles. The Kier molecular flexibility index (Phi) is 7.24. The fourth-order valence-corrected chi connectivity index (χ4v) is 3.76. The summed E-state index contributed by atoms with van der Waals surface area (Å²) in [5.41, 5.74) is 1.88. The summed E-state index contributed by atoms with van der Waals surface area (Å²) in [6, 6.07) is 21.8. The Balaban J connectivity index is 1.35. The second kappa shape index (κ2) is 10.7. The summed E-state index contributed by atoms with van der Waals surface area (Å²) in [6.45, 7) is 2.01. The van der Waals surface area contributed by atoms with Crippen molar-refractivity contribution in [2.75, 3.05) is 5.32 Å². The third-order valence-corrected chi connectivity index (χ3v) is 5.76.